The molecule has 336 valence electrons. The van der Waals surface area contributed by atoms with Gasteiger partial charge in [0.15, 0.2) is 0 Å². The van der Waals surface area contributed by atoms with E-state index in [9.17, 15) is 0 Å². The van der Waals surface area contributed by atoms with Crippen molar-refractivity contribution in [2.24, 2.45) is 11.8 Å². The summed E-state index contributed by atoms with van der Waals surface area (Å²) in [4.78, 5) is 0. The summed E-state index contributed by atoms with van der Waals surface area (Å²) >= 11 is 0. The SMILES string of the molecule is CCCCCCCCCCCCC(CCCCCCCCCC)COc1ccc(C)c(OCC(CCCCCCCCCC)CCCCCCCCCCCC)c1. The Morgan fingerprint density at radius 2 is 0.596 bits per heavy atom. The summed E-state index contributed by atoms with van der Waals surface area (Å²) in [6.07, 6.45) is 55.9. The van der Waals surface area contributed by atoms with Gasteiger partial charge in [-0.1, -0.05) is 265 Å². The van der Waals surface area contributed by atoms with E-state index in [2.05, 4.69) is 52.8 Å². The van der Waals surface area contributed by atoms with E-state index in [4.69, 9.17) is 9.47 Å². The first-order chi connectivity index (χ1) is 28.1. The normalized spacial score (nSPS) is 12.6. The predicted molar refractivity (Wildman–Crippen MR) is 257 cm³/mol. The molecule has 0 saturated carbocycles. The Morgan fingerprint density at radius 1 is 0.333 bits per heavy atom. The van der Waals surface area contributed by atoms with Crippen LogP contribution >= 0.6 is 0 Å². The molecule has 0 aliphatic rings. The molecule has 0 bridgehead atoms. The smallest absolute Gasteiger partial charge is 0.125 e. The fraction of sp³-hybridized carbons (Fsp3) is 0.891. The van der Waals surface area contributed by atoms with Gasteiger partial charge in [-0.2, -0.15) is 0 Å². The molecular weight excluding hydrogens is 693 g/mol. The molecule has 0 fully saturated rings. The highest BCUT2D eigenvalue weighted by Gasteiger charge is 2.14. The number of rotatable bonds is 46. The largest absolute Gasteiger partial charge is 0.493 e. The third-order valence-corrected chi connectivity index (χ3v) is 13.0. The van der Waals surface area contributed by atoms with Gasteiger partial charge in [0.1, 0.15) is 11.5 Å². The second kappa shape index (κ2) is 42.9. The van der Waals surface area contributed by atoms with Gasteiger partial charge in [0.05, 0.1) is 13.2 Å². The van der Waals surface area contributed by atoms with Crippen molar-refractivity contribution >= 4 is 0 Å². The van der Waals surface area contributed by atoms with Crippen LogP contribution in [0.2, 0.25) is 0 Å². The Morgan fingerprint density at radius 3 is 0.895 bits per heavy atom. The molecule has 2 atom stereocenters. The van der Waals surface area contributed by atoms with Crippen LogP contribution in [-0.2, 0) is 0 Å². The van der Waals surface area contributed by atoms with Crippen LogP contribution in [0.1, 0.15) is 290 Å². The van der Waals surface area contributed by atoms with Gasteiger partial charge in [0.25, 0.3) is 0 Å². The Balaban J connectivity index is 2.64. The minimum atomic E-state index is 0.667. The highest BCUT2D eigenvalue weighted by Crippen LogP contribution is 2.29. The number of benzene rings is 1. The summed E-state index contributed by atoms with van der Waals surface area (Å²) in [6, 6.07) is 6.64. The summed E-state index contributed by atoms with van der Waals surface area (Å²) in [5.74, 6) is 3.39. The zero-order valence-corrected chi connectivity index (χ0v) is 39.9. The van der Waals surface area contributed by atoms with Crippen LogP contribution in [0.25, 0.3) is 0 Å². The van der Waals surface area contributed by atoms with E-state index >= 15 is 0 Å². The zero-order chi connectivity index (χ0) is 41.1. The third kappa shape index (κ3) is 35.3. The van der Waals surface area contributed by atoms with Crippen molar-refractivity contribution < 1.29 is 9.47 Å². The lowest BCUT2D eigenvalue weighted by atomic mass is 9.94. The third-order valence-electron chi connectivity index (χ3n) is 13.0. The van der Waals surface area contributed by atoms with E-state index in [-0.39, 0.29) is 0 Å². The molecule has 2 heteroatoms. The Bertz CT molecular complexity index is 925. The summed E-state index contributed by atoms with van der Waals surface area (Å²) in [5, 5.41) is 0. The molecule has 0 radical (unpaired) electrons. The highest BCUT2D eigenvalue weighted by atomic mass is 16.5. The fourth-order valence-corrected chi connectivity index (χ4v) is 8.84. The van der Waals surface area contributed by atoms with Gasteiger partial charge in [-0.3, -0.25) is 0 Å². The van der Waals surface area contributed by atoms with Crippen molar-refractivity contribution in [2.45, 2.75) is 291 Å². The summed E-state index contributed by atoms with van der Waals surface area (Å²) in [5.41, 5.74) is 1.24. The molecule has 57 heavy (non-hydrogen) atoms. The van der Waals surface area contributed by atoms with E-state index in [1.807, 2.05) is 0 Å². The minimum absolute atomic E-state index is 0.667. The maximum Gasteiger partial charge on any atom is 0.125 e. The summed E-state index contributed by atoms with van der Waals surface area (Å²) < 4.78 is 13.3. The molecular formula is C55H104O2. The van der Waals surface area contributed by atoms with Gasteiger partial charge in [-0.25, -0.2) is 0 Å². The topological polar surface area (TPSA) is 18.5 Å². The lowest BCUT2D eigenvalue weighted by Gasteiger charge is -2.20. The molecule has 2 nitrogen and oxygen atoms in total. The van der Waals surface area contributed by atoms with Crippen LogP contribution in [0.5, 0.6) is 11.5 Å². The van der Waals surface area contributed by atoms with Crippen molar-refractivity contribution in [3.8, 4) is 11.5 Å². The van der Waals surface area contributed by atoms with Crippen molar-refractivity contribution in [1.82, 2.24) is 0 Å². The Hall–Kier alpha value is -1.18. The van der Waals surface area contributed by atoms with Crippen molar-refractivity contribution in [3.63, 3.8) is 0 Å². The number of hydrogen-bond acceptors (Lipinski definition) is 2. The van der Waals surface area contributed by atoms with Crippen molar-refractivity contribution in [1.29, 1.82) is 0 Å². The molecule has 1 aromatic carbocycles. The van der Waals surface area contributed by atoms with Gasteiger partial charge in [-0.05, 0) is 56.1 Å². The van der Waals surface area contributed by atoms with E-state index in [0.29, 0.717) is 11.8 Å². The fourth-order valence-electron chi connectivity index (χ4n) is 8.84. The quantitative estimate of drug-likeness (QED) is 0.0612. The first-order valence-electron chi connectivity index (χ1n) is 26.5. The average molecular weight is 797 g/mol. The van der Waals surface area contributed by atoms with Gasteiger partial charge in [0, 0.05) is 6.07 Å². The van der Waals surface area contributed by atoms with Crippen LogP contribution in [-0.4, -0.2) is 13.2 Å². The summed E-state index contributed by atoms with van der Waals surface area (Å²) in [6.45, 7) is 13.2. The second-order valence-electron chi connectivity index (χ2n) is 18.7. The van der Waals surface area contributed by atoms with Crippen LogP contribution in [0, 0.1) is 18.8 Å². The number of hydrogen-bond donors (Lipinski definition) is 0. The molecule has 1 aromatic rings. The molecule has 0 amide bonds. The standard InChI is InChI=1S/C55H104O2/c1-6-10-14-18-22-26-28-32-36-39-43-52(42-38-34-30-24-20-16-12-8-3)49-56-54-47-46-51(5)55(48-54)57-50-53(44-40-35-31-25-21-17-13-9-4)45-41-37-33-29-27-23-19-15-11-7-2/h46-48,52-53H,6-45,49-50H2,1-5H3. The van der Waals surface area contributed by atoms with Crippen LogP contribution in [0.4, 0.5) is 0 Å². The van der Waals surface area contributed by atoms with Crippen molar-refractivity contribution in [3.05, 3.63) is 23.8 Å². The van der Waals surface area contributed by atoms with Crippen LogP contribution in [0.15, 0.2) is 18.2 Å². The van der Waals surface area contributed by atoms with E-state index in [1.165, 1.54) is 262 Å². The lowest BCUT2D eigenvalue weighted by Crippen LogP contribution is -2.14. The number of unbranched alkanes of at least 4 members (excludes halogenated alkanes) is 32. The van der Waals surface area contributed by atoms with E-state index in [0.717, 1.165) is 24.7 Å². The molecule has 0 aliphatic heterocycles. The first kappa shape index (κ1) is 53.8. The van der Waals surface area contributed by atoms with E-state index < -0.39 is 0 Å². The van der Waals surface area contributed by atoms with Gasteiger partial charge in [-0.15, -0.1) is 0 Å². The second-order valence-corrected chi connectivity index (χ2v) is 18.7. The number of ether oxygens (including phenoxy) is 2. The maximum absolute atomic E-state index is 6.70. The van der Waals surface area contributed by atoms with Crippen molar-refractivity contribution in [2.75, 3.05) is 13.2 Å². The summed E-state index contributed by atoms with van der Waals surface area (Å²) in [7, 11) is 0. The number of aryl methyl sites for hydroxylation is 1. The van der Waals surface area contributed by atoms with E-state index in [1.54, 1.807) is 0 Å². The van der Waals surface area contributed by atoms with Gasteiger partial charge >= 0.3 is 0 Å². The molecule has 0 spiro atoms. The minimum Gasteiger partial charge on any atom is -0.493 e. The van der Waals surface area contributed by atoms with Crippen LogP contribution < -0.4 is 9.47 Å². The lowest BCUT2D eigenvalue weighted by molar-refractivity contribution is 0.213. The molecule has 0 N–H and O–H groups in total. The molecule has 0 aromatic heterocycles. The Labute approximate surface area is 360 Å². The van der Waals surface area contributed by atoms with Gasteiger partial charge < -0.3 is 9.47 Å². The first-order valence-corrected chi connectivity index (χ1v) is 26.5. The zero-order valence-electron chi connectivity index (χ0n) is 39.9. The Kier molecular flexibility index (Phi) is 40.5. The van der Waals surface area contributed by atoms with Crippen LogP contribution in [0.3, 0.4) is 0 Å². The highest BCUT2D eigenvalue weighted by molar-refractivity contribution is 5.39. The molecule has 0 heterocycles. The average Bonchev–Trinajstić information content (AvgIpc) is 3.22. The molecule has 1 rings (SSSR count). The van der Waals surface area contributed by atoms with Gasteiger partial charge in [0.2, 0.25) is 0 Å². The maximum atomic E-state index is 6.70. The molecule has 0 saturated heterocycles. The predicted octanol–water partition coefficient (Wildman–Crippen LogP) is 19.7. The molecule has 0 aliphatic carbocycles. The monoisotopic (exact) mass is 797 g/mol. The molecule has 2 unspecified atom stereocenters.